The Morgan fingerprint density at radius 2 is 1.60 bits per heavy atom. The van der Waals surface area contributed by atoms with Crippen molar-refractivity contribution in [1.82, 2.24) is 4.90 Å². The molecule has 0 aromatic rings. The van der Waals surface area contributed by atoms with Crippen molar-refractivity contribution in [3.8, 4) is 0 Å². The van der Waals surface area contributed by atoms with Gasteiger partial charge in [-0.05, 0) is 7.05 Å². The molecule has 0 radical (unpaired) electrons. The molecule has 1 rings (SSSR count). The fraction of sp³-hybridized carbons (Fsp3) is 0.875. The third-order valence-corrected chi connectivity index (χ3v) is 1.69. The molecule has 0 aromatic heterocycles. The van der Waals surface area contributed by atoms with E-state index in [2.05, 4.69) is 19.0 Å². The zero-order chi connectivity index (χ0) is 7.98. The Morgan fingerprint density at radius 1 is 1.20 bits per heavy atom. The quantitative estimate of drug-likeness (QED) is 0.456. The summed E-state index contributed by atoms with van der Waals surface area (Å²) in [5.74, 6) is 0. The normalized spacial score (nSPS) is 21.6. The van der Waals surface area contributed by atoms with E-state index in [9.17, 15) is 0 Å². The van der Waals surface area contributed by atoms with E-state index in [0.717, 1.165) is 0 Å². The van der Waals surface area contributed by atoms with Gasteiger partial charge in [-0.25, -0.2) is 0 Å². The maximum Gasteiger partial charge on any atom is 0.0660 e. The molecule has 0 aromatic carbocycles. The van der Waals surface area contributed by atoms with Gasteiger partial charge in [0.15, 0.2) is 0 Å². The van der Waals surface area contributed by atoms with Crippen LogP contribution in [0.2, 0.25) is 0 Å². The van der Waals surface area contributed by atoms with Gasteiger partial charge in [0.05, 0.1) is 13.1 Å². The van der Waals surface area contributed by atoms with Crippen LogP contribution in [0.3, 0.4) is 0 Å². The molecule has 10 heavy (non-hydrogen) atoms. The molecule has 1 fully saturated rings. The van der Waals surface area contributed by atoms with Gasteiger partial charge in [0.25, 0.3) is 0 Å². The highest BCUT2D eigenvalue weighted by Gasteiger charge is 2.07. The Hall–Kier alpha value is -0.0800. The minimum absolute atomic E-state index is 1.20. The predicted octanol–water partition coefficient (Wildman–Crippen LogP) is -0.366. The second kappa shape index (κ2) is 5.69. The highest BCUT2D eigenvalue weighted by Crippen LogP contribution is 1.79. The fourth-order valence-corrected chi connectivity index (χ4v) is 0.935. The molecule has 0 spiro atoms. The lowest BCUT2D eigenvalue weighted by molar-refractivity contribution is -0.858. The third kappa shape index (κ3) is 3.85. The number of nitrogens with one attached hydrogen (secondary N) is 1. The number of hydrogen-bond acceptors (Lipinski definition) is 1. The molecule has 1 N–H and O–H groups in total. The molecule has 1 saturated heterocycles. The van der Waals surface area contributed by atoms with E-state index in [1.807, 2.05) is 13.8 Å². The van der Waals surface area contributed by atoms with Gasteiger partial charge in [-0.1, -0.05) is 13.8 Å². The van der Waals surface area contributed by atoms with Crippen molar-refractivity contribution in [2.24, 2.45) is 0 Å². The predicted molar refractivity (Wildman–Crippen MR) is 44.9 cm³/mol. The summed E-state index contributed by atoms with van der Waals surface area (Å²) in [5.41, 5.74) is 0. The third-order valence-electron chi connectivity index (χ3n) is 1.69. The molecular formula is C8H20N2. The highest BCUT2D eigenvalue weighted by atomic mass is 15.2. The van der Waals surface area contributed by atoms with Crippen LogP contribution in [-0.2, 0) is 0 Å². The van der Waals surface area contributed by atoms with Crippen LogP contribution in [0.15, 0.2) is 0 Å². The van der Waals surface area contributed by atoms with Gasteiger partial charge in [-0.15, -0.1) is 0 Å². The SMILES string of the molecule is CC.[CH2-][NH+]1CCN(C)CC1. The first-order valence-corrected chi connectivity index (χ1v) is 4.14. The molecule has 2 nitrogen and oxygen atoms in total. The summed E-state index contributed by atoms with van der Waals surface area (Å²) in [6.45, 7) is 8.82. The summed E-state index contributed by atoms with van der Waals surface area (Å²) >= 11 is 0. The Morgan fingerprint density at radius 3 is 1.90 bits per heavy atom. The largest absolute Gasteiger partial charge is 0.466 e. The number of hydrogen-bond donors (Lipinski definition) is 1. The minimum Gasteiger partial charge on any atom is -0.466 e. The summed E-state index contributed by atoms with van der Waals surface area (Å²) < 4.78 is 0. The van der Waals surface area contributed by atoms with Crippen LogP contribution >= 0.6 is 0 Å². The first-order chi connectivity index (χ1) is 4.79. The second-order valence-corrected chi connectivity index (χ2v) is 2.55. The standard InChI is InChI=1S/C6H14N2.C2H6/c1-7-3-5-8(2)6-4-7;1-2/h7H,1,3-6H2,2H3;1-2H3. The van der Waals surface area contributed by atoms with Crippen molar-refractivity contribution in [2.75, 3.05) is 33.2 Å². The van der Waals surface area contributed by atoms with Crippen LogP contribution in [0.1, 0.15) is 13.8 Å². The second-order valence-electron chi connectivity index (χ2n) is 2.55. The lowest BCUT2D eigenvalue weighted by Gasteiger charge is -2.31. The van der Waals surface area contributed by atoms with E-state index < -0.39 is 0 Å². The van der Waals surface area contributed by atoms with Crippen LogP contribution in [0.4, 0.5) is 0 Å². The summed E-state index contributed by atoms with van der Waals surface area (Å²) in [6, 6.07) is 0. The van der Waals surface area contributed by atoms with Gasteiger partial charge in [0.1, 0.15) is 0 Å². The van der Waals surface area contributed by atoms with E-state index in [0.29, 0.717) is 0 Å². The maximum atomic E-state index is 3.92. The molecule has 0 amide bonds. The van der Waals surface area contributed by atoms with Crippen molar-refractivity contribution in [3.05, 3.63) is 7.05 Å². The molecule has 0 atom stereocenters. The molecule has 0 saturated carbocycles. The van der Waals surface area contributed by atoms with Gasteiger partial charge >= 0.3 is 0 Å². The lowest BCUT2D eigenvalue weighted by atomic mass is 10.4. The van der Waals surface area contributed by atoms with Crippen LogP contribution in [0, 0.1) is 7.05 Å². The Labute approximate surface area is 64.8 Å². The topological polar surface area (TPSA) is 7.68 Å². The maximum absolute atomic E-state index is 3.92. The van der Waals surface area contributed by atoms with Gasteiger partial charge < -0.3 is 4.90 Å². The molecule has 1 aliphatic heterocycles. The van der Waals surface area contributed by atoms with Gasteiger partial charge in [-0.2, -0.15) is 7.05 Å². The molecule has 2 heteroatoms. The van der Waals surface area contributed by atoms with Gasteiger partial charge in [-0.3, -0.25) is 4.90 Å². The molecule has 62 valence electrons. The Balaban J connectivity index is 0.000000371. The van der Waals surface area contributed by atoms with Crippen molar-refractivity contribution >= 4 is 0 Å². The molecule has 0 unspecified atom stereocenters. The van der Waals surface area contributed by atoms with Crippen molar-refractivity contribution in [2.45, 2.75) is 13.8 Å². The Bertz CT molecular complexity index is 55.7. The number of piperazine rings is 1. The molecule has 0 bridgehead atoms. The van der Waals surface area contributed by atoms with Crippen molar-refractivity contribution in [1.29, 1.82) is 0 Å². The Kier molecular flexibility index (Phi) is 5.64. The zero-order valence-corrected chi connectivity index (χ0v) is 7.48. The van der Waals surface area contributed by atoms with Crippen molar-refractivity contribution < 1.29 is 4.90 Å². The number of likely N-dealkylation sites (N-methyl/N-ethyl adjacent to an activating group) is 1. The molecule has 1 heterocycles. The molecule has 1 aliphatic rings. The molecular weight excluding hydrogens is 124 g/mol. The smallest absolute Gasteiger partial charge is 0.0660 e. The van der Waals surface area contributed by atoms with E-state index in [-0.39, 0.29) is 0 Å². The van der Waals surface area contributed by atoms with E-state index in [1.165, 1.54) is 31.1 Å². The first-order valence-electron chi connectivity index (χ1n) is 4.14. The highest BCUT2D eigenvalue weighted by molar-refractivity contribution is 4.52. The lowest BCUT2D eigenvalue weighted by Crippen LogP contribution is -3.09. The van der Waals surface area contributed by atoms with Crippen molar-refractivity contribution in [3.63, 3.8) is 0 Å². The average molecular weight is 144 g/mol. The van der Waals surface area contributed by atoms with Crippen LogP contribution in [-0.4, -0.2) is 38.1 Å². The number of rotatable bonds is 0. The van der Waals surface area contributed by atoms with Crippen LogP contribution in [0.25, 0.3) is 0 Å². The summed E-state index contributed by atoms with van der Waals surface area (Å²) in [5, 5.41) is 0. The fourth-order valence-electron chi connectivity index (χ4n) is 0.935. The van der Waals surface area contributed by atoms with E-state index in [1.54, 1.807) is 0 Å². The summed E-state index contributed by atoms with van der Waals surface area (Å²) in [6.07, 6.45) is 0. The summed E-state index contributed by atoms with van der Waals surface area (Å²) in [4.78, 5) is 3.76. The average Bonchev–Trinajstić information content (AvgIpc) is 2.00. The monoisotopic (exact) mass is 144 g/mol. The number of quaternary nitrogens is 1. The number of nitrogens with zero attached hydrogens (tertiary/aromatic N) is 1. The summed E-state index contributed by atoms with van der Waals surface area (Å²) in [7, 11) is 6.08. The van der Waals surface area contributed by atoms with E-state index >= 15 is 0 Å². The van der Waals surface area contributed by atoms with Gasteiger partial charge in [0.2, 0.25) is 0 Å². The first kappa shape index (κ1) is 9.92. The molecule has 0 aliphatic carbocycles. The van der Waals surface area contributed by atoms with Gasteiger partial charge in [0, 0.05) is 13.1 Å². The minimum atomic E-state index is 1.20. The van der Waals surface area contributed by atoms with E-state index in [4.69, 9.17) is 0 Å². The van der Waals surface area contributed by atoms with Crippen LogP contribution in [0.5, 0.6) is 0 Å². The van der Waals surface area contributed by atoms with Crippen LogP contribution < -0.4 is 4.90 Å². The zero-order valence-electron chi connectivity index (χ0n) is 7.48.